The lowest BCUT2D eigenvalue weighted by molar-refractivity contribution is -0.161. The molecule has 19 heteroatoms. The molecule has 0 aromatic rings. The van der Waals surface area contributed by atoms with E-state index in [9.17, 15) is 43.2 Å². The summed E-state index contributed by atoms with van der Waals surface area (Å²) in [6.45, 7) is 14.2. The summed E-state index contributed by atoms with van der Waals surface area (Å²) in [6.07, 6.45) is 57.1. The van der Waals surface area contributed by atoms with Crippen LogP contribution in [0.2, 0.25) is 0 Å². The third kappa shape index (κ3) is 71.7. The zero-order valence-electron chi connectivity index (χ0n) is 65.8. The van der Waals surface area contributed by atoms with E-state index in [1.165, 1.54) is 205 Å². The third-order valence-electron chi connectivity index (χ3n) is 19.5. The van der Waals surface area contributed by atoms with Crippen LogP contribution in [-0.4, -0.2) is 96.7 Å². The number of ether oxygens (including phenoxy) is 4. The molecule has 0 aliphatic heterocycles. The minimum atomic E-state index is -4.96. The lowest BCUT2D eigenvalue weighted by Crippen LogP contribution is -2.30. The van der Waals surface area contributed by atoms with Gasteiger partial charge in [-0.3, -0.25) is 37.3 Å². The highest BCUT2D eigenvalue weighted by molar-refractivity contribution is 7.47. The number of phosphoric acid groups is 2. The van der Waals surface area contributed by atoms with Gasteiger partial charge in [0.1, 0.15) is 19.3 Å². The summed E-state index contributed by atoms with van der Waals surface area (Å²) in [4.78, 5) is 72.9. The van der Waals surface area contributed by atoms with Crippen LogP contribution in [0.15, 0.2) is 0 Å². The Labute approximate surface area is 613 Å². The van der Waals surface area contributed by atoms with Crippen molar-refractivity contribution in [3.8, 4) is 0 Å². The van der Waals surface area contributed by atoms with Crippen molar-refractivity contribution in [2.45, 2.75) is 433 Å². The van der Waals surface area contributed by atoms with Crippen LogP contribution >= 0.6 is 15.6 Å². The summed E-state index contributed by atoms with van der Waals surface area (Å²) in [6, 6.07) is 0. The van der Waals surface area contributed by atoms with Crippen molar-refractivity contribution in [3.63, 3.8) is 0 Å². The third-order valence-corrected chi connectivity index (χ3v) is 21.4. The standard InChI is InChI=1S/C81H158O17P2/c1-9-73(7)59-51-43-35-27-23-19-15-13-11-12-14-16-21-25-29-37-47-55-63-80(85)97-76(67-91-78(83)61-53-45-39-31-33-41-49-57-71(3)4)69-95-99(87,88)93-65-75(82)66-94-100(89,90)96-70-77(68-92-79(84)62-54-46-40-32-34-42-50-58-72(5)6)98-81(86)64-56-48-38-30-26-22-18-17-20-24-28-36-44-52-60-74(8)10-2/h71-77,82H,9-70H2,1-8H3,(H,87,88)(H,89,90)/t73?,74?,75?,76-,77-/m1/s1. The van der Waals surface area contributed by atoms with Crippen LogP contribution in [0.3, 0.4) is 0 Å². The number of aliphatic hydroxyl groups excluding tert-OH is 1. The molecule has 0 spiro atoms. The Kier molecular flexibility index (Phi) is 68.7. The van der Waals surface area contributed by atoms with Crippen LogP contribution in [0.1, 0.15) is 415 Å². The molecule has 7 atom stereocenters. The number of carbonyl (C=O) groups excluding carboxylic acids is 4. The average Bonchev–Trinajstić information content (AvgIpc) is 1.57. The summed E-state index contributed by atoms with van der Waals surface area (Å²) >= 11 is 0. The normalized spacial score (nSPS) is 14.6. The fourth-order valence-corrected chi connectivity index (χ4v) is 13.9. The van der Waals surface area contributed by atoms with E-state index >= 15 is 0 Å². The summed E-state index contributed by atoms with van der Waals surface area (Å²) in [5, 5.41) is 10.6. The number of carbonyl (C=O) groups is 4. The molecule has 0 aliphatic rings. The van der Waals surface area contributed by atoms with Gasteiger partial charge in [-0.15, -0.1) is 0 Å². The van der Waals surface area contributed by atoms with E-state index in [2.05, 4.69) is 55.4 Å². The molecule has 3 N–H and O–H groups in total. The molecule has 0 aromatic heterocycles. The first-order valence-corrected chi connectivity index (χ1v) is 44.8. The number of esters is 4. The van der Waals surface area contributed by atoms with Crippen molar-refractivity contribution in [2.24, 2.45) is 23.7 Å². The van der Waals surface area contributed by atoms with Crippen LogP contribution in [0.5, 0.6) is 0 Å². The van der Waals surface area contributed by atoms with E-state index < -0.39 is 97.5 Å². The molecule has 5 unspecified atom stereocenters. The molecule has 0 fully saturated rings. The lowest BCUT2D eigenvalue weighted by Gasteiger charge is -2.21. The maximum Gasteiger partial charge on any atom is 0.472 e. The molecule has 0 radical (unpaired) electrons. The van der Waals surface area contributed by atoms with Gasteiger partial charge in [0.15, 0.2) is 12.2 Å². The van der Waals surface area contributed by atoms with Gasteiger partial charge in [-0.05, 0) is 49.4 Å². The van der Waals surface area contributed by atoms with E-state index in [-0.39, 0.29) is 25.7 Å². The topological polar surface area (TPSA) is 237 Å². The van der Waals surface area contributed by atoms with Gasteiger partial charge in [0, 0.05) is 25.7 Å². The second kappa shape index (κ2) is 70.1. The van der Waals surface area contributed by atoms with Crippen LogP contribution < -0.4 is 0 Å². The maximum absolute atomic E-state index is 13.1. The van der Waals surface area contributed by atoms with Gasteiger partial charge < -0.3 is 33.8 Å². The van der Waals surface area contributed by atoms with Crippen LogP contribution in [0.4, 0.5) is 0 Å². The van der Waals surface area contributed by atoms with Gasteiger partial charge in [0.05, 0.1) is 26.4 Å². The summed E-state index contributed by atoms with van der Waals surface area (Å²) in [5.41, 5.74) is 0. The van der Waals surface area contributed by atoms with Gasteiger partial charge >= 0.3 is 39.5 Å². The minimum Gasteiger partial charge on any atom is -0.462 e. The molecule has 100 heavy (non-hydrogen) atoms. The zero-order chi connectivity index (χ0) is 73.8. The highest BCUT2D eigenvalue weighted by Crippen LogP contribution is 2.45. The van der Waals surface area contributed by atoms with E-state index in [4.69, 9.17) is 37.0 Å². The summed E-state index contributed by atoms with van der Waals surface area (Å²) in [5.74, 6) is 1.01. The highest BCUT2D eigenvalue weighted by atomic mass is 31.2. The minimum absolute atomic E-state index is 0.106. The number of hydrogen-bond donors (Lipinski definition) is 3. The highest BCUT2D eigenvalue weighted by Gasteiger charge is 2.30. The lowest BCUT2D eigenvalue weighted by atomic mass is 9.99. The van der Waals surface area contributed by atoms with Gasteiger partial charge in [0.2, 0.25) is 0 Å². The summed E-state index contributed by atoms with van der Waals surface area (Å²) < 4.78 is 68.6. The molecule has 0 bridgehead atoms. The van der Waals surface area contributed by atoms with Crippen molar-refractivity contribution >= 4 is 39.5 Å². The first-order chi connectivity index (χ1) is 48.2. The number of phosphoric ester groups is 2. The Bertz CT molecular complexity index is 1960. The van der Waals surface area contributed by atoms with Gasteiger partial charge in [-0.1, -0.05) is 364 Å². The van der Waals surface area contributed by atoms with Crippen molar-refractivity contribution in [1.82, 2.24) is 0 Å². The Hall–Kier alpha value is -1.94. The largest absolute Gasteiger partial charge is 0.472 e. The monoisotopic (exact) mass is 1470 g/mol. The van der Waals surface area contributed by atoms with Gasteiger partial charge in [-0.25, -0.2) is 9.13 Å². The molecule has 0 amide bonds. The Morgan fingerprint density at radius 3 is 0.710 bits per heavy atom. The molecular weight excluding hydrogens is 1310 g/mol. The van der Waals surface area contributed by atoms with Crippen LogP contribution in [0.25, 0.3) is 0 Å². The van der Waals surface area contributed by atoms with Crippen LogP contribution in [0, 0.1) is 23.7 Å². The van der Waals surface area contributed by atoms with E-state index in [0.29, 0.717) is 37.5 Å². The van der Waals surface area contributed by atoms with E-state index in [0.717, 1.165) is 115 Å². The van der Waals surface area contributed by atoms with Crippen molar-refractivity contribution < 1.29 is 80.2 Å². The molecule has 0 aromatic carbocycles. The van der Waals surface area contributed by atoms with E-state index in [1.54, 1.807) is 0 Å². The molecule has 0 aliphatic carbocycles. The van der Waals surface area contributed by atoms with Gasteiger partial charge in [0.25, 0.3) is 0 Å². The van der Waals surface area contributed by atoms with Gasteiger partial charge in [-0.2, -0.15) is 0 Å². The number of hydrogen-bond acceptors (Lipinski definition) is 15. The van der Waals surface area contributed by atoms with Crippen molar-refractivity contribution in [3.05, 3.63) is 0 Å². The molecule has 594 valence electrons. The Morgan fingerprint density at radius 1 is 0.280 bits per heavy atom. The predicted molar refractivity (Wildman–Crippen MR) is 409 cm³/mol. The maximum atomic E-state index is 13.1. The molecule has 0 saturated heterocycles. The quantitative estimate of drug-likeness (QED) is 0.0222. The predicted octanol–water partition coefficient (Wildman–Crippen LogP) is 24.0. The second-order valence-corrected chi connectivity index (χ2v) is 33.5. The number of rotatable bonds is 78. The van der Waals surface area contributed by atoms with Crippen molar-refractivity contribution in [2.75, 3.05) is 39.6 Å². The first kappa shape index (κ1) is 98.1. The first-order valence-electron chi connectivity index (χ1n) is 41.8. The van der Waals surface area contributed by atoms with E-state index in [1.807, 2.05) is 0 Å². The number of aliphatic hydroxyl groups is 1. The molecule has 0 rings (SSSR count). The Morgan fingerprint density at radius 2 is 0.480 bits per heavy atom. The van der Waals surface area contributed by atoms with Crippen molar-refractivity contribution in [1.29, 1.82) is 0 Å². The second-order valence-electron chi connectivity index (χ2n) is 30.6. The molecule has 0 heterocycles. The number of unbranched alkanes of at least 4 members (excludes halogenated alkanes) is 42. The molecule has 0 saturated carbocycles. The fraction of sp³-hybridized carbons (Fsp3) is 0.951. The fourth-order valence-electron chi connectivity index (χ4n) is 12.4. The Balaban J connectivity index is 5.16. The smallest absolute Gasteiger partial charge is 0.462 e. The molecular formula is C81H158O17P2. The zero-order valence-corrected chi connectivity index (χ0v) is 67.6. The van der Waals surface area contributed by atoms with Crippen LogP contribution in [-0.2, 0) is 65.4 Å². The molecule has 17 nitrogen and oxygen atoms in total. The SMILES string of the molecule is CCC(C)CCCCCCCCCCCCCCCCCCCCC(=O)O[C@H](COC(=O)CCCCCCCCCC(C)C)COP(=O)(O)OCC(O)COP(=O)(O)OC[C@@H](COC(=O)CCCCCCCCCC(C)C)OC(=O)CCCCCCCCCCCCCCCCC(C)CC. The average molecular weight is 1470 g/mol. The summed E-state index contributed by atoms with van der Waals surface area (Å²) in [7, 11) is -9.92.